The zero-order chi connectivity index (χ0) is 19.5. The van der Waals surface area contributed by atoms with Crippen LogP contribution in [-0.2, 0) is 18.3 Å². The van der Waals surface area contributed by atoms with Gasteiger partial charge in [0.2, 0.25) is 5.91 Å². The van der Waals surface area contributed by atoms with Gasteiger partial charge in [0.25, 0.3) is 5.56 Å². The van der Waals surface area contributed by atoms with E-state index in [1.165, 1.54) is 10.7 Å². The molecule has 3 aromatic rings. The second-order valence-corrected chi connectivity index (χ2v) is 7.10. The molecule has 8 nitrogen and oxygen atoms in total. The molecule has 1 N–H and O–H groups in total. The molecule has 0 saturated carbocycles. The molecule has 0 bridgehead atoms. The van der Waals surface area contributed by atoms with Gasteiger partial charge in [-0.05, 0) is 37.5 Å². The second-order valence-electron chi connectivity index (χ2n) is 7.10. The Hall–Kier alpha value is -3.16. The summed E-state index contributed by atoms with van der Waals surface area (Å²) in [5.41, 5.74) is 1.20. The van der Waals surface area contributed by atoms with E-state index in [9.17, 15) is 9.59 Å². The molecular weight excluding hydrogens is 358 g/mol. The van der Waals surface area contributed by atoms with Gasteiger partial charge < -0.3 is 14.7 Å². The van der Waals surface area contributed by atoms with Crippen molar-refractivity contribution in [3.05, 3.63) is 52.4 Å². The number of amides is 1. The van der Waals surface area contributed by atoms with Crippen molar-refractivity contribution >= 4 is 22.7 Å². The molecule has 8 heteroatoms. The lowest BCUT2D eigenvalue weighted by atomic mass is 10.0. The van der Waals surface area contributed by atoms with Crippen LogP contribution in [0.1, 0.15) is 25.0 Å². The van der Waals surface area contributed by atoms with E-state index in [2.05, 4.69) is 20.5 Å². The fraction of sp³-hybridized carbons (Fsp3) is 0.400. The molecule has 1 amide bonds. The van der Waals surface area contributed by atoms with Crippen LogP contribution in [0.4, 0.5) is 5.82 Å². The first kappa shape index (κ1) is 18.2. The molecule has 3 heterocycles. The Balaban J connectivity index is 1.41. The number of benzene rings is 1. The van der Waals surface area contributed by atoms with E-state index < -0.39 is 0 Å². The summed E-state index contributed by atoms with van der Waals surface area (Å²) in [5, 5.41) is 12.3. The first-order chi connectivity index (χ1) is 13.6. The second kappa shape index (κ2) is 7.84. The summed E-state index contributed by atoms with van der Waals surface area (Å²) >= 11 is 0. The Bertz CT molecular complexity index is 1040. The smallest absolute Gasteiger partial charge is 0.266 e. The molecule has 0 spiro atoms. The van der Waals surface area contributed by atoms with Crippen LogP contribution in [0.25, 0.3) is 11.0 Å². The first-order valence-electron chi connectivity index (χ1n) is 9.53. The van der Waals surface area contributed by atoms with E-state index in [-0.39, 0.29) is 23.9 Å². The van der Waals surface area contributed by atoms with Crippen molar-refractivity contribution in [3.63, 3.8) is 0 Å². The highest BCUT2D eigenvalue weighted by Gasteiger charge is 2.24. The van der Waals surface area contributed by atoms with Gasteiger partial charge in [0.05, 0.1) is 6.42 Å². The Kier molecular flexibility index (Phi) is 5.10. The third-order valence-electron chi connectivity index (χ3n) is 5.18. The van der Waals surface area contributed by atoms with Crippen molar-refractivity contribution in [1.82, 2.24) is 20.3 Å². The number of rotatable bonds is 5. The minimum absolute atomic E-state index is 0.0852. The number of anilines is 1. The van der Waals surface area contributed by atoms with E-state index in [1.54, 1.807) is 13.1 Å². The molecule has 1 aliphatic rings. The number of piperidine rings is 1. The number of carbonyl (C=O) groups excluding carboxylic acids is 1. The van der Waals surface area contributed by atoms with E-state index in [4.69, 9.17) is 4.52 Å². The minimum atomic E-state index is -0.134. The summed E-state index contributed by atoms with van der Waals surface area (Å²) in [4.78, 5) is 26.2. The molecule has 28 heavy (non-hydrogen) atoms. The Labute approximate surface area is 162 Å². The van der Waals surface area contributed by atoms with Gasteiger partial charge >= 0.3 is 0 Å². The summed E-state index contributed by atoms with van der Waals surface area (Å²) in [6.07, 6.45) is 3.33. The molecule has 1 aromatic carbocycles. The van der Waals surface area contributed by atoms with Crippen molar-refractivity contribution in [2.24, 2.45) is 7.05 Å². The number of aromatic nitrogens is 3. The molecule has 1 aliphatic heterocycles. The number of carbonyl (C=O) groups is 1. The Morgan fingerprint density at radius 2 is 2.11 bits per heavy atom. The fourth-order valence-electron chi connectivity index (χ4n) is 3.67. The molecule has 2 aromatic heterocycles. The maximum absolute atomic E-state index is 12.5. The molecule has 1 atom stereocenters. The van der Waals surface area contributed by atoms with Crippen LogP contribution < -0.4 is 15.8 Å². The summed E-state index contributed by atoms with van der Waals surface area (Å²) < 4.78 is 6.61. The monoisotopic (exact) mass is 381 g/mol. The van der Waals surface area contributed by atoms with Crippen molar-refractivity contribution in [2.45, 2.75) is 31.7 Å². The van der Waals surface area contributed by atoms with E-state index in [1.807, 2.05) is 24.3 Å². The highest BCUT2D eigenvalue weighted by Crippen LogP contribution is 2.22. The number of aryl methyl sites for hydroxylation is 1. The van der Waals surface area contributed by atoms with Crippen LogP contribution in [0.15, 0.2) is 45.7 Å². The Morgan fingerprint density at radius 1 is 1.25 bits per heavy atom. The van der Waals surface area contributed by atoms with Crippen molar-refractivity contribution < 1.29 is 9.32 Å². The van der Waals surface area contributed by atoms with E-state index in [0.29, 0.717) is 17.8 Å². The lowest BCUT2D eigenvalue weighted by molar-refractivity contribution is -0.120. The maximum Gasteiger partial charge on any atom is 0.266 e. The SMILES string of the molecule is Cn1nc(N2CCCCC2CNC(=O)Cc2noc3ccccc23)ccc1=O. The van der Waals surface area contributed by atoms with Gasteiger partial charge in [-0.3, -0.25) is 9.59 Å². The lowest BCUT2D eigenvalue weighted by Crippen LogP contribution is -2.47. The molecule has 1 fully saturated rings. The first-order valence-corrected chi connectivity index (χ1v) is 9.53. The van der Waals surface area contributed by atoms with Gasteiger partial charge in [0.1, 0.15) is 11.5 Å². The van der Waals surface area contributed by atoms with Gasteiger partial charge in [0.15, 0.2) is 5.58 Å². The normalized spacial score (nSPS) is 17.0. The van der Waals surface area contributed by atoms with Crippen LogP contribution in [0.3, 0.4) is 0 Å². The topological polar surface area (TPSA) is 93.3 Å². The van der Waals surface area contributed by atoms with Crippen molar-refractivity contribution in [3.8, 4) is 0 Å². The Morgan fingerprint density at radius 3 is 2.96 bits per heavy atom. The lowest BCUT2D eigenvalue weighted by Gasteiger charge is -2.36. The zero-order valence-electron chi connectivity index (χ0n) is 15.8. The van der Waals surface area contributed by atoms with Crippen molar-refractivity contribution in [1.29, 1.82) is 0 Å². The number of fused-ring (bicyclic) bond motifs is 1. The number of hydrogen-bond donors (Lipinski definition) is 1. The number of hydrogen-bond acceptors (Lipinski definition) is 6. The summed E-state index contributed by atoms with van der Waals surface area (Å²) in [6, 6.07) is 11.0. The van der Waals surface area contributed by atoms with Crippen LogP contribution in [-0.4, -0.2) is 40.0 Å². The molecule has 4 rings (SSSR count). The van der Waals surface area contributed by atoms with Gasteiger partial charge in [-0.2, -0.15) is 5.10 Å². The predicted octanol–water partition coefficient (Wildman–Crippen LogP) is 1.64. The predicted molar refractivity (Wildman–Crippen MR) is 105 cm³/mol. The van der Waals surface area contributed by atoms with Crippen LogP contribution in [0.2, 0.25) is 0 Å². The zero-order valence-corrected chi connectivity index (χ0v) is 15.8. The molecule has 1 saturated heterocycles. The highest BCUT2D eigenvalue weighted by molar-refractivity contribution is 5.86. The summed E-state index contributed by atoms with van der Waals surface area (Å²) in [5.74, 6) is 0.682. The third-order valence-corrected chi connectivity index (χ3v) is 5.18. The quantitative estimate of drug-likeness (QED) is 0.722. The molecule has 0 radical (unpaired) electrons. The molecule has 0 aliphatic carbocycles. The van der Waals surface area contributed by atoms with Crippen LogP contribution >= 0.6 is 0 Å². The average Bonchev–Trinajstić information content (AvgIpc) is 3.12. The van der Waals surface area contributed by atoms with Crippen LogP contribution in [0, 0.1) is 0 Å². The summed E-state index contributed by atoms with van der Waals surface area (Å²) in [6.45, 7) is 1.39. The maximum atomic E-state index is 12.5. The summed E-state index contributed by atoms with van der Waals surface area (Å²) in [7, 11) is 1.65. The molecular formula is C20H23N5O3. The number of para-hydroxylation sites is 1. The average molecular weight is 381 g/mol. The standard InChI is InChI=1S/C20H23N5O3/c1-24-20(27)10-9-18(22-24)25-11-5-4-6-14(25)13-21-19(26)12-16-15-7-2-3-8-17(15)28-23-16/h2-3,7-10,14H,4-6,11-13H2,1H3,(H,21,26). The largest absolute Gasteiger partial charge is 0.356 e. The number of nitrogens with one attached hydrogen (secondary N) is 1. The van der Waals surface area contributed by atoms with Crippen LogP contribution in [0.5, 0.6) is 0 Å². The van der Waals surface area contributed by atoms with Gasteiger partial charge in [-0.15, -0.1) is 0 Å². The van der Waals surface area contributed by atoms with Gasteiger partial charge in [-0.1, -0.05) is 17.3 Å². The number of nitrogens with zero attached hydrogens (tertiary/aromatic N) is 4. The van der Waals surface area contributed by atoms with E-state index in [0.717, 1.165) is 37.0 Å². The fourth-order valence-corrected chi connectivity index (χ4v) is 3.67. The van der Waals surface area contributed by atoms with E-state index >= 15 is 0 Å². The van der Waals surface area contributed by atoms with Gasteiger partial charge in [0, 0.05) is 37.6 Å². The van der Waals surface area contributed by atoms with Gasteiger partial charge in [-0.25, -0.2) is 4.68 Å². The third kappa shape index (κ3) is 3.76. The van der Waals surface area contributed by atoms with Crippen molar-refractivity contribution in [2.75, 3.05) is 18.0 Å². The molecule has 146 valence electrons. The minimum Gasteiger partial charge on any atom is -0.356 e. The molecule has 1 unspecified atom stereocenters. The highest BCUT2D eigenvalue weighted by atomic mass is 16.5.